The monoisotopic (exact) mass is 511 g/mol. The maximum atomic E-state index is 13.1. The fourth-order valence-electron chi connectivity index (χ4n) is 4.51. The molecule has 0 amide bonds. The van der Waals surface area contributed by atoms with Crippen molar-refractivity contribution < 1.29 is 43.1 Å². The molecule has 0 aromatic heterocycles. The number of nitrogens with zero attached hydrogens (tertiary/aromatic N) is 1. The minimum absolute atomic E-state index is 0.00560. The molecule has 4 rings (SSSR count). The van der Waals surface area contributed by atoms with Crippen LogP contribution in [0.5, 0.6) is 5.75 Å². The highest BCUT2D eigenvalue weighted by Crippen LogP contribution is 2.48. The van der Waals surface area contributed by atoms with Crippen molar-refractivity contribution >= 4 is 11.9 Å². The third-order valence-electron chi connectivity index (χ3n) is 6.00. The van der Waals surface area contributed by atoms with Gasteiger partial charge in [0.2, 0.25) is 0 Å². The van der Waals surface area contributed by atoms with Crippen molar-refractivity contribution in [3.8, 4) is 11.8 Å². The van der Waals surface area contributed by atoms with Crippen molar-refractivity contribution in [1.82, 2.24) is 0 Å². The molecule has 0 saturated carbocycles. The van der Waals surface area contributed by atoms with Gasteiger partial charge in [-0.05, 0) is 39.3 Å². The summed E-state index contributed by atoms with van der Waals surface area (Å²) in [6.45, 7) is 6.89. The van der Waals surface area contributed by atoms with Gasteiger partial charge in [0, 0.05) is 5.56 Å². The van der Waals surface area contributed by atoms with Crippen LogP contribution in [-0.4, -0.2) is 54.5 Å². The average Bonchev–Trinajstić information content (AvgIpc) is 3.34. The molecule has 2 aliphatic heterocycles. The molecular formula is C27H29NO9. The molecule has 2 heterocycles. The lowest BCUT2D eigenvalue weighted by Gasteiger charge is -2.28. The quantitative estimate of drug-likeness (QED) is 0.522. The van der Waals surface area contributed by atoms with E-state index in [0.717, 1.165) is 5.56 Å². The van der Waals surface area contributed by atoms with Crippen LogP contribution in [0.15, 0.2) is 36.4 Å². The second-order valence-corrected chi connectivity index (χ2v) is 8.95. The molecule has 10 nitrogen and oxygen atoms in total. The van der Waals surface area contributed by atoms with Crippen molar-refractivity contribution in [3.05, 3.63) is 64.2 Å². The molecule has 2 aliphatic rings. The second kappa shape index (κ2) is 10.9. The topological polar surface area (TPSA) is 134 Å². The maximum Gasteiger partial charge on any atom is 0.342 e. The Hall–Kier alpha value is -3.49. The molecule has 0 radical (unpaired) electrons. The van der Waals surface area contributed by atoms with E-state index in [4.69, 9.17) is 28.4 Å². The number of ether oxygens (including phenoxy) is 6. The van der Waals surface area contributed by atoms with Crippen molar-refractivity contribution in [2.45, 2.75) is 64.7 Å². The van der Waals surface area contributed by atoms with Gasteiger partial charge in [-0.3, -0.25) is 0 Å². The number of hydrogen-bond donors (Lipinski definition) is 1. The van der Waals surface area contributed by atoms with Gasteiger partial charge in [-0.2, -0.15) is 5.26 Å². The predicted octanol–water partition coefficient (Wildman–Crippen LogP) is 3.75. The standard InChI is InChI=1S/C27H29NO9/c1-5-32-24(30)17-12-16(13-28)18(19(20(17)29)25(31)33-6-2)21-22(34-14-15-10-8-7-9-11-15)23-26(35-21)37-27(3,4)36-23/h7-12,21-23,26,29H,5-6,14H2,1-4H3/t21-,22+,23-,26-/m1/s1. The van der Waals surface area contributed by atoms with E-state index in [2.05, 4.69) is 0 Å². The molecule has 2 aromatic carbocycles. The van der Waals surface area contributed by atoms with E-state index in [9.17, 15) is 20.0 Å². The Kier molecular flexibility index (Phi) is 7.80. The minimum atomic E-state index is -1.06. The largest absolute Gasteiger partial charge is 0.506 e. The fourth-order valence-corrected chi connectivity index (χ4v) is 4.51. The van der Waals surface area contributed by atoms with Crippen LogP contribution >= 0.6 is 0 Å². The van der Waals surface area contributed by atoms with Crippen LogP contribution in [0.1, 0.15) is 71.2 Å². The van der Waals surface area contributed by atoms with E-state index < -0.39 is 48.1 Å². The van der Waals surface area contributed by atoms with Gasteiger partial charge in [0.1, 0.15) is 35.2 Å². The number of carbonyl (C=O) groups is 2. The number of phenolic OH excluding ortho intramolecular Hbond substituents is 1. The Morgan fingerprint density at radius 2 is 1.76 bits per heavy atom. The summed E-state index contributed by atoms with van der Waals surface area (Å²) in [5, 5.41) is 21.1. The fraction of sp³-hybridized carbons (Fsp3) is 0.444. The summed E-state index contributed by atoms with van der Waals surface area (Å²) in [5.41, 5.74) is 0.111. The molecule has 2 saturated heterocycles. The normalized spacial score (nSPS) is 23.8. The predicted molar refractivity (Wildman–Crippen MR) is 127 cm³/mol. The van der Waals surface area contributed by atoms with Gasteiger partial charge in [-0.25, -0.2) is 9.59 Å². The Labute approximate surface area is 214 Å². The first-order chi connectivity index (χ1) is 17.7. The Morgan fingerprint density at radius 1 is 1.08 bits per heavy atom. The molecule has 1 N–H and O–H groups in total. The first-order valence-corrected chi connectivity index (χ1v) is 12.0. The van der Waals surface area contributed by atoms with Gasteiger partial charge in [-0.15, -0.1) is 0 Å². The number of hydrogen-bond acceptors (Lipinski definition) is 10. The summed E-state index contributed by atoms with van der Waals surface area (Å²) < 4.78 is 34.5. The highest BCUT2D eigenvalue weighted by Gasteiger charge is 2.57. The third kappa shape index (κ3) is 5.31. The van der Waals surface area contributed by atoms with E-state index in [0.29, 0.717) is 0 Å². The number of nitriles is 1. The number of fused-ring (bicyclic) bond motifs is 1. The number of benzene rings is 2. The molecule has 37 heavy (non-hydrogen) atoms. The molecule has 2 fully saturated rings. The van der Waals surface area contributed by atoms with Crippen molar-refractivity contribution in [2.24, 2.45) is 0 Å². The lowest BCUT2D eigenvalue weighted by molar-refractivity contribution is -0.220. The van der Waals surface area contributed by atoms with Crippen LogP contribution < -0.4 is 0 Å². The molecule has 196 valence electrons. The zero-order chi connectivity index (χ0) is 26.7. The zero-order valence-corrected chi connectivity index (χ0v) is 21.1. The minimum Gasteiger partial charge on any atom is -0.506 e. The highest BCUT2D eigenvalue weighted by atomic mass is 16.8. The summed E-state index contributed by atoms with van der Waals surface area (Å²) >= 11 is 0. The molecular weight excluding hydrogens is 482 g/mol. The Bertz CT molecular complexity index is 1200. The summed E-state index contributed by atoms with van der Waals surface area (Å²) in [5.74, 6) is -3.44. The van der Waals surface area contributed by atoms with E-state index in [-0.39, 0.29) is 42.1 Å². The summed E-state index contributed by atoms with van der Waals surface area (Å²) in [4.78, 5) is 25.6. The van der Waals surface area contributed by atoms with Crippen LogP contribution in [0.4, 0.5) is 0 Å². The smallest absolute Gasteiger partial charge is 0.342 e. The molecule has 10 heteroatoms. The zero-order valence-electron chi connectivity index (χ0n) is 21.1. The summed E-state index contributed by atoms with van der Waals surface area (Å²) in [7, 11) is 0. The van der Waals surface area contributed by atoms with Crippen LogP contribution in [0.2, 0.25) is 0 Å². The highest BCUT2D eigenvalue weighted by molar-refractivity contribution is 6.02. The van der Waals surface area contributed by atoms with Gasteiger partial charge in [0.25, 0.3) is 0 Å². The van der Waals surface area contributed by atoms with Crippen LogP contribution in [0.3, 0.4) is 0 Å². The summed E-state index contributed by atoms with van der Waals surface area (Å²) in [6.07, 6.45) is -3.46. The van der Waals surface area contributed by atoms with Gasteiger partial charge in [0.05, 0.1) is 31.5 Å². The number of phenols is 1. The number of aromatic hydroxyl groups is 1. The summed E-state index contributed by atoms with van der Waals surface area (Å²) in [6, 6.07) is 12.6. The number of esters is 2. The van der Waals surface area contributed by atoms with Crippen molar-refractivity contribution in [3.63, 3.8) is 0 Å². The molecule has 4 atom stereocenters. The van der Waals surface area contributed by atoms with Gasteiger partial charge in [-0.1, -0.05) is 30.3 Å². The van der Waals surface area contributed by atoms with E-state index in [1.54, 1.807) is 27.7 Å². The first kappa shape index (κ1) is 26.6. The molecule has 0 spiro atoms. The molecule has 0 aliphatic carbocycles. The van der Waals surface area contributed by atoms with Crippen molar-refractivity contribution in [1.29, 1.82) is 5.26 Å². The van der Waals surface area contributed by atoms with Crippen LogP contribution in [-0.2, 0) is 35.0 Å². The Morgan fingerprint density at radius 3 is 2.41 bits per heavy atom. The maximum absolute atomic E-state index is 13.1. The molecule has 0 bridgehead atoms. The van der Waals surface area contributed by atoms with E-state index in [1.807, 2.05) is 36.4 Å². The van der Waals surface area contributed by atoms with Gasteiger partial charge in [0.15, 0.2) is 12.1 Å². The van der Waals surface area contributed by atoms with Crippen molar-refractivity contribution in [2.75, 3.05) is 13.2 Å². The van der Waals surface area contributed by atoms with Gasteiger partial charge < -0.3 is 33.5 Å². The molecule has 0 unspecified atom stereocenters. The van der Waals surface area contributed by atoms with E-state index >= 15 is 0 Å². The number of rotatable bonds is 8. The SMILES string of the molecule is CCOC(=O)c1cc(C#N)c([C@H]2O[C@@H]3OC(C)(C)O[C@@H]3[C@H]2OCc2ccccc2)c(C(=O)OCC)c1O. The first-order valence-electron chi connectivity index (χ1n) is 12.0. The van der Waals surface area contributed by atoms with E-state index in [1.165, 1.54) is 6.07 Å². The number of carbonyl (C=O) groups excluding carboxylic acids is 2. The van der Waals surface area contributed by atoms with Crippen LogP contribution in [0.25, 0.3) is 0 Å². The lowest BCUT2D eigenvalue weighted by atomic mass is 9.90. The third-order valence-corrected chi connectivity index (χ3v) is 6.00. The Balaban J connectivity index is 1.82. The molecule has 2 aromatic rings. The second-order valence-electron chi connectivity index (χ2n) is 8.95. The van der Waals surface area contributed by atoms with Gasteiger partial charge >= 0.3 is 11.9 Å². The van der Waals surface area contributed by atoms with Crippen LogP contribution in [0, 0.1) is 11.3 Å². The average molecular weight is 512 g/mol. The lowest BCUT2D eigenvalue weighted by Crippen LogP contribution is -2.34.